The fraction of sp³-hybridized carbons (Fsp3) is 0.571. The smallest absolute Gasteiger partial charge is 0.0107 e. The molecule has 0 atom stereocenters. The molecule has 0 unspecified atom stereocenters. The van der Waals surface area contributed by atoms with Crippen LogP contribution in [0.2, 0.25) is 0 Å². The summed E-state index contributed by atoms with van der Waals surface area (Å²) < 4.78 is 64.5. The summed E-state index contributed by atoms with van der Waals surface area (Å²) in [6, 6.07) is 20.5. The second kappa shape index (κ2) is 14.7. The molecule has 3 aliphatic rings. The summed E-state index contributed by atoms with van der Waals surface area (Å²) in [6.07, 6.45) is 17.2. The molecule has 2 aliphatic carbocycles. The third-order valence-corrected chi connectivity index (χ3v) is 10.6. The van der Waals surface area contributed by atoms with E-state index in [2.05, 4.69) is 54.6 Å². The molecule has 1 heterocycles. The normalized spacial score (nSPS) is 20.6. The van der Waals surface area contributed by atoms with Crippen LogP contribution in [0.1, 0.15) is 77.0 Å². The first-order chi connectivity index (χ1) is 17.4. The van der Waals surface area contributed by atoms with Crippen molar-refractivity contribution in [1.82, 2.24) is 0 Å². The second-order valence-corrected chi connectivity index (χ2v) is 18.4. The summed E-state index contributed by atoms with van der Waals surface area (Å²) in [5, 5.41) is 1.71. The molecular weight excluding hydrogens is 727 g/mol. The fourth-order valence-corrected chi connectivity index (χ4v) is 9.45. The molecule has 220 valence electrons. The molecule has 2 saturated carbocycles. The number of benzene rings is 2. The Morgan fingerprint density at radius 2 is 1.00 bits per heavy atom. The molecule has 0 radical (unpaired) electrons. The predicted octanol–water partition coefficient (Wildman–Crippen LogP) is 10.1. The van der Waals surface area contributed by atoms with Gasteiger partial charge in [-0.2, -0.15) is 0 Å². The van der Waals surface area contributed by atoms with Crippen LogP contribution in [0.3, 0.4) is 0 Å². The van der Waals surface area contributed by atoms with Crippen molar-refractivity contribution < 1.29 is 44.0 Å². The number of hydrogen-bond acceptors (Lipinski definition) is 1. The first kappa shape index (κ1) is 34.2. The second-order valence-electron chi connectivity index (χ2n) is 10.2. The Bertz CT molecular complexity index is 908. The molecule has 0 spiro atoms. The van der Waals surface area contributed by atoms with E-state index < -0.39 is 19.5 Å². The van der Waals surface area contributed by atoms with E-state index in [0.29, 0.717) is 0 Å². The van der Waals surface area contributed by atoms with Crippen molar-refractivity contribution in [2.45, 2.75) is 88.4 Å². The number of halogens is 6. The summed E-state index contributed by atoms with van der Waals surface area (Å²) in [4.78, 5) is 0. The van der Waals surface area contributed by atoms with E-state index in [1.807, 2.05) is 0 Å². The minimum Gasteiger partial charge on any atom is -0.0683 e. The Morgan fingerprint density at radius 1 is 0.579 bits per heavy atom. The van der Waals surface area contributed by atoms with Gasteiger partial charge in [0.05, 0.1) is 0 Å². The predicted molar refractivity (Wildman–Crippen MR) is 145 cm³/mol. The van der Waals surface area contributed by atoms with Gasteiger partial charge in [0.2, 0.25) is 0 Å². The number of ether oxygens (including phenoxy) is 1. The summed E-state index contributed by atoms with van der Waals surface area (Å²) in [5.41, 5.74) is 4.87. The Morgan fingerprint density at radius 3 is 1.42 bits per heavy atom. The van der Waals surface area contributed by atoms with Gasteiger partial charge in [-0.1, -0.05) is 101 Å². The van der Waals surface area contributed by atoms with Crippen LogP contribution in [0.4, 0.5) is 16.9 Å². The quantitative estimate of drug-likeness (QED) is 0.171. The molecule has 0 amide bonds. The van der Waals surface area contributed by atoms with E-state index in [1.165, 1.54) is 88.2 Å². The molecule has 2 aromatic carbocycles. The summed E-state index contributed by atoms with van der Waals surface area (Å²) >= 11 is -11.2. The maximum atomic E-state index is 9.93. The molecule has 10 heteroatoms. The van der Waals surface area contributed by atoms with Crippen molar-refractivity contribution >= 4 is 32.7 Å². The average molecular weight is 766 g/mol. The third-order valence-electron chi connectivity index (χ3n) is 7.03. The maximum Gasteiger partial charge on any atom is -0.0107 e. The molecule has 1 saturated heterocycles. The van der Waals surface area contributed by atoms with E-state index in [-0.39, 0.29) is 30.3 Å². The first-order valence-electron chi connectivity index (χ1n) is 13.5. The zero-order valence-corrected chi connectivity index (χ0v) is 26.6. The zero-order chi connectivity index (χ0) is 26.8. The third kappa shape index (κ3) is 14.0. The molecule has 1 aliphatic heterocycles. The van der Waals surface area contributed by atoms with Crippen LogP contribution in [-0.2, 0) is 27.1 Å². The van der Waals surface area contributed by atoms with Crippen LogP contribution in [0.15, 0.2) is 54.6 Å². The van der Waals surface area contributed by atoms with Gasteiger partial charge in [-0.25, -0.2) is 0 Å². The van der Waals surface area contributed by atoms with Crippen LogP contribution in [-0.4, -0.2) is 44.0 Å². The molecule has 0 bridgehead atoms. The number of rotatable bonds is 4. The van der Waals surface area contributed by atoms with Crippen LogP contribution >= 0.6 is 7.92 Å². The van der Waals surface area contributed by atoms with Gasteiger partial charge in [0.25, 0.3) is 0 Å². The molecular formula is C28H39AgF6OPSb. The number of hydrogen-bond donors (Lipinski definition) is 0. The van der Waals surface area contributed by atoms with Crippen molar-refractivity contribution in [1.29, 1.82) is 0 Å². The van der Waals surface area contributed by atoms with Crippen LogP contribution < -0.4 is 5.30 Å². The average Bonchev–Trinajstić information content (AvgIpc) is 3.45. The van der Waals surface area contributed by atoms with E-state index >= 15 is 0 Å². The molecule has 38 heavy (non-hydrogen) atoms. The maximum absolute atomic E-state index is 11.2. The standard InChI is InChI=1S/C24H31P.C4H8O.Ag.6FH.Sb/c1-4-12-20(13-5-1)23-18-10-11-19-24(23)25(21-14-6-2-7-15-21)22-16-8-3-9-17-22;1-2-4-5-3-1;;;;;;;;/h1,4-5,10-13,18-19,21-22H,2-3,6-9,14-17H2;1-4H2;;6*1H;/q;;+1;;;;;;;+5/p-6. The van der Waals surface area contributed by atoms with Gasteiger partial charge in [-0.05, 0) is 66.3 Å². The molecule has 2 aromatic rings. The van der Waals surface area contributed by atoms with Gasteiger partial charge in [0, 0.05) is 13.2 Å². The van der Waals surface area contributed by atoms with E-state index in [9.17, 15) is 16.9 Å². The van der Waals surface area contributed by atoms with Crippen molar-refractivity contribution in [2.24, 2.45) is 0 Å². The summed E-state index contributed by atoms with van der Waals surface area (Å²) in [5.74, 6) is 0. The van der Waals surface area contributed by atoms with Crippen LogP contribution in [0, 0.1) is 0 Å². The first-order valence-corrected chi connectivity index (χ1v) is 20.7. The molecule has 3 fully saturated rings. The van der Waals surface area contributed by atoms with Gasteiger partial charge in [0.1, 0.15) is 0 Å². The Kier molecular flexibility index (Phi) is 13.3. The van der Waals surface area contributed by atoms with Gasteiger partial charge in [0.15, 0.2) is 0 Å². The molecule has 0 N–H and O–H groups in total. The van der Waals surface area contributed by atoms with Gasteiger partial charge in [-0.15, -0.1) is 0 Å². The van der Waals surface area contributed by atoms with Crippen molar-refractivity contribution in [3.8, 4) is 11.1 Å². The minimum absolute atomic E-state index is 0. The topological polar surface area (TPSA) is 9.23 Å². The summed E-state index contributed by atoms with van der Waals surface area (Å²) in [7, 11) is -0.0365. The Labute approximate surface area is 242 Å². The van der Waals surface area contributed by atoms with E-state index in [4.69, 9.17) is 4.74 Å². The van der Waals surface area contributed by atoms with Gasteiger partial charge in [-0.3, -0.25) is 0 Å². The minimum atomic E-state index is -11.2. The monoisotopic (exact) mass is 764 g/mol. The van der Waals surface area contributed by atoms with Gasteiger partial charge < -0.3 is 4.74 Å². The van der Waals surface area contributed by atoms with Crippen LogP contribution in [0.5, 0.6) is 0 Å². The van der Waals surface area contributed by atoms with E-state index in [1.54, 1.807) is 5.30 Å². The zero-order valence-electron chi connectivity index (χ0n) is 21.6. The SMILES string of the molecule is C1CCOC1.[Ag+].[F][Sb-]([F])([F])([F])([F])[F].c1ccc(-c2ccccc2P(C2CCCCC2)C2CCCCC2)cc1. The van der Waals surface area contributed by atoms with Crippen molar-refractivity contribution in [2.75, 3.05) is 13.2 Å². The Balaban J connectivity index is 0.000000325. The molecule has 1 nitrogen and oxygen atoms in total. The molecule has 0 aromatic heterocycles. The molecule has 5 rings (SSSR count). The van der Waals surface area contributed by atoms with E-state index in [0.717, 1.165) is 24.5 Å². The van der Waals surface area contributed by atoms with Crippen molar-refractivity contribution in [3.63, 3.8) is 0 Å². The summed E-state index contributed by atoms with van der Waals surface area (Å²) in [6.45, 7) is 2.00. The Hall–Kier alpha value is -0.0316. The van der Waals surface area contributed by atoms with Crippen LogP contribution in [0.25, 0.3) is 11.1 Å². The fourth-order valence-electron chi connectivity index (χ4n) is 5.48. The largest absolute Gasteiger partial charge is 0.0683 e. The van der Waals surface area contributed by atoms with Gasteiger partial charge >= 0.3 is 58.7 Å². The van der Waals surface area contributed by atoms with Crippen molar-refractivity contribution in [3.05, 3.63) is 54.6 Å².